The smallest absolute Gasteiger partial charge is 0.177 e. The zero-order valence-electron chi connectivity index (χ0n) is 9.97. The van der Waals surface area contributed by atoms with E-state index in [1.54, 1.807) is 18.2 Å². The molecule has 0 saturated heterocycles. The molecule has 0 aliphatic carbocycles. The molecule has 0 aromatic heterocycles. The Morgan fingerprint density at radius 3 is 2.65 bits per heavy atom. The average molecular weight is 256 g/mol. The van der Waals surface area contributed by atoms with E-state index in [2.05, 4.69) is 0 Å². The summed E-state index contributed by atoms with van der Waals surface area (Å²) in [6, 6.07) is 6.91. The van der Waals surface area contributed by atoms with Crippen LogP contribution >= 0.6 is 0 Å². The lowest BCUT2D eigenvalue weighted by Gasteiger charge is -2.04. The lowest BCUT2D eigenvalue weighted by molar-refractivity contribution is 0.102. The van der Waals surface area contributed by atoms with Crippen molar-refractivity contribution in [1.82, 2.24) is 0 Å². The van der Waals surface area contributed by atoms with Gasteiger partial charge in [0.2, 0.25) is 0 Å². The average Bonchev–Trinajstić information content (AvgIpc) is 2.26. The highest BCUT2D eigenvalue weighted by molar-refractivity contribution is 7.92. The van der Waals surface area contributed by atoms with Crippen molar-refractivity contribution in [2.45, 2.75) is 6.92 Å². The molecule has 0 N–H and O–H groups in total. The van der Waals surface area contributed by atoms with Gasteiger partial charge in [0.1, 0.15) is 5.75 Å². The van der Waals surface area contributed by atoms with Gasteiger partial charge in [0, 0.05) is 12.7 Å². The Bertz CT molecular complexity index is 491. The minimum absolute atomic E-state index is 0.115. The summed E-state index contributed by atoms with van der Waals surface area (Å²) in [7, 11) is -1.95. The topological polar surface area (TPSA) is 60.4 Å². The molecule has 5 heteroatoms. The van der Waals surface area contributed by atoms with Crippen molar-refractivity contribution in [1.29, 1.82) is 0 Å². The summed E-state index contributed by atoms with van der Waals surface area (Å²) >= 11 is 0. The van der Waals surface area contributed by atoms with Gasteiger partial charge in [0.05, 0.1) is 12.4 Å². The van der Waals surface area contributed by atoms with Gasteiger partial charge in [-0.1, -0.05) is 23.8 Å². The molecule has 0 amide bonds. The standard InChI is InChI=1S/C12H16O4S/c1-10-4-3-5-11(8-10)12(13)9-17(14,15)7-6-16-2/h3-5,8H,6-7,9H2,1-2H3. The van der Waals surface area contributed by atoms with E-state index in [0.717, 1.165) is 5.56 Å². The van der Waals surface area contributed by atoms with Crippen molar-refractivity contribution < 1.29 is 17.9 Å². The van der Waals surface area contributed by atoms with Gasteiger partial charge in [0.15, 0.2) is 15.6 Å². The number of hydrogen-bond acceptors (Lipinski definition) is 4. The Morgan fingerprint density at radius 2 is 2.06 bits per heavy atom. The second-order valence-corrected chi connectivity index (χ2v) is 6.06. The Balaban J connectivity index is 2.73. The SMILES string of the molecule is COCCS(=O)(=O)CC(=O)c1cccc(C)c1. The van der Waals surface area contributed by atoms with Crippen LogP contribution in [0, 0.1) is 6.92 Å². The predicted molar refractivity (Wildman–Crippen MR) is 66.0 cm³/mol. The summed E-state index contributed by atoms with van der Waals surface area (Å²) in [5, 5.41) is 0. The Labute approximate surface area is 102 Å². The largest absolute Gasteiger partial charge is 0.384 e. The van der Waals surface area contributed by atoms with Gasteiger partial charge in [-0.25, -0.2) is 8.42 Å². The van der Waals surface area contributed by atoms with Crippen LogP contribution in [0.2, 0.25) is 0 Å². The Kier molecular flexibility index (Phi) is 4.84. The molecule has 0 bridgehead atoms. The van der Waals surface area contributed by atoms with Crippen molar-refractivity contribution >= 4 is 15.6 Å². The first kappa shape index (κ1) is 13.9. The van der Waals surface area contributed by atoms with Crippen molar-refractivity contribution in [3.05, 3.63) is 35.4 Å². The fourth-order valence-corrected chi connectivity index (χ4v) is 2.52. The lowest BCUT2D eigenvalue weighted by Crippen LogP contribution is -2.21. The van der Waals surface area contributed by atoms with Gasteiger partial charge in [-0.15, -0.1) is 0 Å². The van der Waals surface area contributed by atoms with E-state index in [1.807, 2.05) is 13.0 Å². The van der Waals surface area contributed by atoms with Crippen LogP contribution in [0.25, 0.3) is 0 Å². The van der Waals surface area contributed by atoms with E-state index in [-0.39, 0.29) is 18.1 Å². The summed E-state index contributed by atoms with van der Waals surface area (Å²) in [6.45, 7) is 1.97. The lowest BCUT2D eigenvalue weighted by atomic mass is 10.1. The third-order valence-corrected chi connectivity index (χ3v) is 3.78. The molecule has 0 aliphatic heterocycles. The second-order valence-electron chi connectivity index (χ2n) is 3.88. The molecule has 0 radical (unpaired) electrons. The first-order valence-electron chi connectivity index (χ1n) is 5.24. The normalized spacial score (nSPS) is 11.4. The molecule has 4 nitrogen and oxygen atoms in total. The molecule has 94 valence electrons. The summed E-state index contributed by atoms with van der Waals surface area (Å²) in [5.74, 6) is -0.953. The maximum atomic E-state index is 11.8. The summed E-state index contributed by atoms with van der Waals surface area (Å²) in [4.78, 5) is 11.8. The van der Waals surface area contributed by atoms with E-state index in [4.69, 9.17) is 4.74 Å². The minimum atomic E-state index is -3.38. The first-order chi connectivity index (χ1) is 7.94. The van der Waals surface area contributed by atoms with Crippen LogP contribution in [-0.2, 0) is 14.6 Å². The third-order valence-electron chi connectivity index (χ3n) is 2.29. The number of benzene rings is 1. The van der Waals surface area contributed by atoms with Crippen LogP contribution in [0.3, 0.4) is 0 Å². The number of Topliss-reactive ketones (excluding diaryl/α,β-unsaturated/α-hetero) is 1. The molecule has 0 saturated carbocycles. The molecule has 0 aliphatic rings. The monoisotopic (exact) mass is 256 g/mol. The molecule has 0 fully saturated rings. The number of methoxy groups -OCH3 is 1. The molecule has 0 unspecified atom stereocenters. The zero-order chi connectivity index (χ0) is 12.9. The maximum absolute atomic E-state index is 11.8. The van der Waals surface area contributed by atoms with E-state index >= 15 is 0 Å². The quantitative estimate of drug-likeness (QED) is 0.718. The fourth-order valence-electron chi connectivity index (χ4n) is 1.38. The molecule has 0 heterocycles. The minimum Gasteiger partial charge on any atom is -0.384 e. The fraction of sp³-hybridized carbons (Fsp3) is 0.417. The number of ether oxygens (including phenoxy) is 1. The van der Waals surface area contributed by atoms with Gasteiger partial charge in [-0.05, 0) is 13.0 Å². The number of carbonyl (C=O) groups excluding carboxylic acids is 1. The van der Waals surface area contributed by atoms with Crippen molar-refractivity contribution in [3.8, 4) is 0 Å². The zero-order valence-corrected chi connectivity index (χ0v) is 10.8. The third kappa shape index (κ3) is 4.66. The summed E-state index contributed by atoms with van der Waals surface area (Å²) in [5.41, 5.74) is 1.37. The van der Waals surface area contributed by atoms with Gasteiger partial charge >= 0.3 is 0 Å². The Hall–Kier alpha value is -1.20. The van der Waals surface area contributed by atoms with E-state index in [1.165, 1.54) is 7.11 Å². The van der Waals surface area contributed by atoms with Crippen molar-refractivity contribution in [2.75, 3.05) is 25.2 Å². The number of aryl methyl sites for hydroxylation is 1. The highest BCUT2D eigenvalue weighted by Gasteiger charge is 2.17. The molecule has 1 aromatic rings. The number of hydrogen-bond donors (Lipinski definition) is 0. The van der Waals surface area contributed by atoms with Crippen molar-refractivity contribution in [3.63, 3.8) is 0 Å². The highest BCUT2D eigenvalue weighted by Crippen LogP contribution is 2.06. The van der Waals surface area contributed by atoms with E-state index in [9.17, 15) is 13.2 Å². The highest BCUT2D eigenvalue weighted by atomic mass is 32.2. The number of ketones is 1. The van der Waals surface area contributed by atoms with Crippen LogP contribution in [0.15, 0.2) is 24.3 Å². The van der Waals surface area contributed by atoms with Gasteiger partial charge < -0.3 is 4.74 Å². The van der Waals surface area contributed by atoms with Gasteiger partial charge in [0.25, 0.3) is 0 Å². The van der Waals surface area contributed by atoms with Crippen LogP contribution in [-0.4, -0.2) is 39.4 Å². The van der Waals surface area contributed by atoms with Gasteiger partial charge in [-0.2, -0.15) is 0 Å². The number of rotatable bonds is 6. The van der Waals surface area contributed by atoms with Crippen LogP contribution in [0.4, 0.5) is 0 Å². The maximum Gasteiger partial charge on any atom is 0.177 e. The molecule has 0 spiro atoms. The molecular weight excluding hydrogens is 240 g/mol. The van der Waals surface area contributed by atoms with E-state index < -0.39 is 15.6 Å². The van der Waals surface area contributed by atoms with Crippen LogP contribution in [0.1, 0.15) is 15.9 Å². The summed E-state index contributed by atoms with van der Waals surface area (Å²) in [6.07, 6.45) is 0. The van der Waals surface area contributed by atoms with E-state index in [0.29, 0.717) is 5.56 Å². The molecule has 1 aromatic carbocycles. The van der Waals surface area contributed by atoms with Crippen molar-refractivity contribution in [2.24, 2.45) is 0 Å². The van der Waals surface area contributed by atoms with Crippen LogP contribution in [0.5, 0.6) is 0 Å². The summed E-state index contributed by atoms with van der Waals surface area (Å²) < 4.78 is 27.8. The van der Waals surface area contributed by atoms with Crippen LogP contribution < -0.4 is 0 Å². The molecule has 1 rings (SSSR count). The molecule has 0 atom stereocenters. The second kappa shape index (κ2) is 5.93. The number of carbonyl (C=O) groups is 1. The first-order valence-corrected chi connectivity index (χ1v) is 7.06. The molecular formula is C12H16O4S. The molecule has 17 heavy (non-hydrogen) atoms. The van der Waals surface area contributed by atoms with Gasteiger partial charge in [-0.3, -0.25) is 4.79 Å². The number of sulfone groups is 1. The Morgan fingerprint density at radius 1 is 1.35 bits per heavy atom. The predicted octanol–water partition coefficient (Wildman–Crippen LogP) is 1.24.